The molecule has 0 radical (unpaired) electrons. The lowest BCUT2D eigenvalue weighted by atomic mass is 9.84. The second-order valence-corrected chi connectivity index (χ2v) is 9.73. The summed E-state index contributed by atoms with van der Waals surface area (Å²) in [6, 6.07) is 15.9. The maximum absolute atomic E-state index is 12.4. The first kappa shape index (κ1) is 25.3. The van der Waals surface area contributed by atoms with Crippen LogP contribution in [0.1, 0.15) is 63.5 Å². The largest absolute Gasteiger partial charge is 0.481 e. The smallest absolute Gasteiger partial charge is 0.407 e. The van der Waals surface area contributed by atoms with Crippen LogP contribution in [0, 0.1) is 5.41 Å². The van der Waals surface area contributed by atoms with Gasteiger partial charge in [0.15, 0.2) is 0 Å². The van der Waals surface area contributed by atoms with E-state index in [0.29, 0.717) is 19.4 Å². The van der Waals surface area contributed by atoms with Crippen molar-refractivity contribution in [3.05, 3.63) is 59.7 Å². The third-order valence-corrected chi connectivity index (χ3v) is 6.34. The molecule has 0 heterocycles. The van der Waals surface area contributed by atoms with Crippen molar-refractivity contribution in [2.45, 2.75) is 58.4 Å². The molecular weight excluding hydrogens is 432 g/mol. The second-order valence-electron chi connectivity index (χ2n) is 9.73. The maximum Gasteiger partial charge on any atom is 0.407 e. The van der Waals surface area contributed by atoms with Gasteiger partial charge in [0.2, 0.25) is 5.91 Å². The predicted octanol–water partition coefficient (Wildman–Crippen LogP) is 4.70. The highest BCUT2D eigenvalue weighted by molar-refractivity contribution is 5.79. The molecule has 7 heteroatoms. The van der Waals surface area contributed by atoms with Crippen LogP contribution >= 0.6 is 0 Å². The minimum atomic E-state index is -0.815. The first-order chi connectivity index (χ1) is 16.2. The summed E-state index contributed by atoms with van der Waals surface area (Å²) in [7, 11) is 0. The zero-order valence-electron chi connectivity index (χ0n) is 20.1. The first-order valence-corrected chi connectivity index (χ1v) is 11.8. The number of carbonyl (C=O) groups excluding carboxylic acids is 2. The first-order valence-electron chi connectivity index (χ1n) is 11.8. The summed E-state index contributed by atoms with van der Waals surface area (Å²) in [5, 5.41) is 14.4. The van der Waals surface area contributed by atoms with Gasteiger partial charge >= 0.3 is 12.1 Å². The van der Waals surface area contributed by atoms with E-state index in [4.69, 9.17) is 9.84 Å². The van der Waals surface area contributed by atoms with E-state index in [0.717, 1.165) is 11.1 Å². The summed E-state index contributed by atoms with van der Waals surface area (Å²) in [6.07, 6.45) is 0.942. The number of benzene rings is 2. The summed E-state index contributed by atoms with van der Waals surface area (Å²) in [6.45, 7) is 6.43. The maximum atomic E-state index is 12.4. The fourth-order valence-electron chi connectivity index (χ4n) is 4.35. The van der Waals surface area contributed by atoms with Crippen LogP contribution in [-0.4, -0.2) is 42.3 Å². The number of nitrogens with one attached hydrogen (secondary N) is 2. The molecule has 1 atom stereocenters. The Bertz CT molecular complexity index is 988. The summed E-state index contributed by atoms with van der Waals surface area (Å²) in [5.74, 6) is -0.994. The van der Waals surface area contributed by atoms with Gasteiger partial charge in [-0.1, -0.05) is 62.4 Å². The molecule has 3 N–H and O–H groups in total. The molecular formula is C27H34N2O5. The van der Waals surface area contributed by atoms with Gasteiger partial charge in [-0.05, 0) is 47.4 Å². The molecule has 0 bridgehead atoms. The van der Waals surface area contributed by atoms with Gasteiger partial charge in [0.25, 0.3) is 0 Å². The number of carboxylic acid groups (broad SMARTS) is 1. The number of hydrogen-bond acceptors (Lipinski definition) is 4. The van der Waals surface area contributed by atoms with E-state index in [2.05, 4.69) is 34.9 Å². The fourth-order valence-corrected chi connectivity index (χ4v) is 4.35. The SMILES string of the molecule is C[C@@H](CC(=O)NCCC(C)(C)CCC(=O)O)NC(=O)OCC1c2ccccc2-c2ccccc21. The van der Waals surface area contributed by atoms with Crippen molar-refractivity contribution in [2.75, 3.05) is 13.2 Å². The Labute approximate surface area is 200 Å². The number of alkyl carbamates (subject to hydrolysis) is 1. The van der Waals surface area contributed by atoms with Gasteiger partial charge < -0.3 is 20.5 Å². The molecule has 1 aliphatic carbocycles. The standard InChI is InChI=1S/C27H34N2O5/c1-18(16-24(30)28-15-14-27(2,3)13-12-25(31)32)29-26(33)34-17-23-21-10-6-4-8-19(21)20-9-5-7-11-22(20)23/h4-11,18,23H,12-17H2,1-3H3,(H,28,30)(H,29,33)(H,31,32)/t18-/m0/s1. The van der Waals surface area contributed by atoms with Crippen LogP contribution in [0.3, 0.4) is 0 Å². The molecule has 0 aliphatic heterocycles. The van der Waals surface area contributed by atoms with Gasteiger partial charge in [0.1, 0.15) is 6.61 Å². The molecule has 7 nitrogen and oxygen atoms in total. The highest BCUT2D eigenvalue weighted by Gasteiger charge is 2.29. The second kappa shape index (κ2) is 11.2. The van der Waals surface area contributed by atoms with Crippen molar-refractivity contribution >= 4 is 18.0 Å². The average molecular weight is 467 g/mol. The number of fused-ring (bicyclic) bond motifs is 3. The lowest BCUT2D eigenvalue weighted by molar-refractivity contribution is -0.137. The monoisotopic (exact) mass is 466 g/mol. The minimum absolute atomic E-state index is 0.0127. The number of carbonyl (C=O) groups is 3. The Morgan fingerprint density at radius 1 is 1.00 bits per heavy atom. The Morgan fingerprint density at radius 2 is 1.59 bits per heavy atom. The van der Waals surface area contributed by atoms with E-state index in [-0.39, 0.29) is 42.7 Å². The average Bonchev–Trinajstić information content (AvgIpc) is 3.10. The third-order valence-electron chi connectivity index (χ3n) is 6.34. The molecule has 3 rings (SSSR count). The number of amides is 2. The van der Waals surface area contributed by atoms with Crippen molar-refractivity contribution in [3.63, 3.8) is 0 Å². The van der Waals surface area contributed by atoms with Crippen molar-refractivity contribution in [1.29, 1.82) is 0 Å². The molecule has 34 heavy (non-hydrogen) atoms. The number of aliphatic carboxylic acids is 1. The van der Waals surface area contributed by atoms with Gasteiger partial charge in [0.05, 0.1) is 0 Å². The zero-order valence-corrected chi connectivity index (χ0v) is 20.1. The predicted molar refractivity (Wildman–Crippen MR) is 131 cm³/mol. The van der Waals surface area contributed by atoms with Crippen molar-refractivity contribution in [3.8, 4) is 11.1 Å². The molecule has 1 aliphatic rings. The lowest BCUT2D eigenvalue weighted by Crippen LogP contribution is -2.38. The van der Waals surface area contributed by atoms with E-state index in [1.807, 2.05) is 38.1 Å². The molecule has 2 aromatic rings. The van der Waals surface area contributed by atoms with Crippen molar-refractivity contribution in [2.24, 2.45) is 5.41 Å². The quantitative estimate of drug-likeness (QED) is 0.445. The van der Waals surface area contributed by atoms with E-state index in [1.165, 1.54) is 11.1 Å². The minimum Gasteiger partial charge on any atom is -0.481 e. The van der Waals surface area contributed by atoms with E-state index >= 15 is 0 Å². The molecule has 2 aromatic carbocycles. The Balaban J connectivity index is 1.42. The summed E-state index contributed by atoms with van der Waals surface area (Å²) >= 11 is 0. The molecule has 0 aromatic heterocycles. The number of carboxylic acids is 1. The molecule has 0 saturated carbocycles. The number of hydrogen-bond donors (Lipinski definition) is 3. The van der Waals surface area contributed by atoms with E-state index in [1.54, 1.807) is 6.92 Å². The van der Waals surface area contributed by atoms with E-state index < -0.39 is 12.1 Å². The molecule has 0 saturated heterocycles. The van der Waals surface area contributed by atoms with Crippen LogP contribution in [0.5, 0.6) is 0 Å². The fraction of sp³-hybridized carbons (Fsp3) is 0.444. The Hall–Kier alpha value is -3.35. The molecule has 0 unspecified atom stereocenters. The van der Waals surface area contributed by atoms with Gasteiger partial charge in [0, 0.05) is 31.3 Å². The highest BCUT2D eigenvalue weighted by atomic mass is 16.5. The van der Waals surface area contributed by atoms with Gasteiger partial charge in [-0.2, -0.15) is 0 Å². The number of rotatable bonds is 11. The Kier molecular flexibility index (Phi) is 8.31. The topological polar surface area (TPSA) is 105 Å². The Morgan fingerprint density at radius 3 is 2.18 bits per heavy atom. The highest BCUT2D eigenvalue weighted by Crippen LogP contribution is 2.44. The van der Waals surface area contributed by atoms with Crippen LogP contribution in [0.2, 0.25) is 0 Å². The summed E-state index contributed by atoms with van der Waals surface area (Å²) < 4.78 is 5.53. The molecule has 0 fully saturated rings. The van der Waals surface area contributed by atoms with Gasteiger partial charge in [-0.3, -0.25) is 9.59 Å². The van der Waals surface area contributed by atoms with Crippen molar-refractivity contribution in [1.82, 2.24) is 10.6 Å². The van der Waals surface area contributed by atoms with Crippen LogP contribution in [0.4, 0.5) is 4.79 Å². The summed E-state index contributed by atoms with van der Waals surface area (Å²) in [4.78, 5) is 35.4. The molecule has 0 spiro atoms. The lowest BCUT2D eigenvalue weighted by Gasteiger charge is -2.24. The third kappa shape index (κ3) is 6.83. The molecule has 2 amide bonds. The van der Waals surface area contributed by atoms with Crippen LogP contribution < -0.4 is 10.6 Å². The van der Waals surface area contributed by atoms with Gasteiger partial charge in [-0.15, -0.1) is 0 Å². The molecule has 182 valence electrons. The normalized spacial score (nSPS) is 13.5. The van der Waals surface area contributed by atoms with Gasteiger partial charge in [-0.25, -0.2) is 4.79 Å². The summed E-state index contributed by atoms with van der Waals surface area (Å²) in [5.41, 5.74) is 4.47. The number of ether oxygens (including phenoxy) is 1. The zero-order chi connectivity index (χ0) is 24.7. The van der Waals surface area contributed by atoms with Crippen molar-refractivity contribution < 1.29 is 24.2 Å². The van der Waals surface area contributed by atoms with Crippen LogP contribution in [0.15, 0.2) is 48.5 Å². The van der Waals surface area contributed by atoms with Crippen LogP contribution in [0.25, 0.3) is 11.1 Å². The van der Waals surface area contributed by atoms with Crippen LogP contribution in [-0.2, 0) is 14.3 Å². The van der Waals surface area contributed by atoms with E-state index in [9.17, 15) is 14.4 Å².